The van der Waals surface area contributed by atoms with Gasteiger partial charge in [0.1, 0.15) is 5.92 Å². The second-order valence-corrected chi connectivity index (χ2v) is 4.74. The number of fused-ring (bicyclic) bond motifs is 1. The third-order valence-electron chi connectivity index (χ3n) is 3.11. The monoisotopic (exact) mass is 260 g/mol. The molecule has 0 saturated heterocycles. The summed E-state index contributed by atoms with van der Waals surface area (Å²) >= 11 is 0. The third kappa shape index (κ3) is 2.50. The normalized spacial score (nSPS) is 12.6. The maximum Gasteiger partial charge on any atom is 0.316 e. The number of carbonyl (C=O) groups is 2. The van der Waals surface area contributed by atoms with Gasteiger partial charge in [-0.2, -0.15) is 0 Å². The number of H-pyrrole nitrogens is 1. The second-order valence-electron chi connectivity index (χ2n) is 4.74. The van der Waals surface area contributed by atoms with E-state index in [0.717, 1.165) is 11.0 Å². The van der Waals surface area contributed by atoms with Gasteiger partial charge < -0.3 is 9.72 Å². The lowest BCUT2D eigenvalue weighted by Crippen LogP contribution is -2.30. The van der Waals surface area contributed by atoms with Gasteiger partial charge in [0.25, 0.3) is 0 Å². The summed E-state index contributed by atoms with van der Waals surface area (Å²) < 4.78 is 4.71. The first kappa shape index (κ1) is 13.3. The topological polar surface area (TPSA) is 72.1 Å². The number of esters is 1. The molecule has 0 spiro atoms. The predicted molar refractivity (Wildman–Crippen MR) is 70.8 cm³/mol. The van der Waals surface area contributed by atoms with Gasteiger partial charge >= 0.3 is 5.97 Å². The van der Waals surface area contributed by atoms with Crippen LogP contribution in [0.1, 0.15) is 24.2 Å². The third-order valence-corrected chi connectivity index (χ3v) is 3.11. The van der Waals surface area contributed by atoms with E-state index in [1.165, 1.54) is 7.11 Å². The molecule has 0 fully saturated rings. The summed E-state index contributed by atoms with van der Waals surface area (Å²) in [5, 5.41) is 0. The Hall–Kier alpha value is -2.17. The minimum absolute atomic E-state index is 0.114. The van der Waals surface area contributed by atoms with Crippen molar-refractivity contribution in [2.24, 2.45) is 11.8 Å². The van der Waals surface area contributed by atoms with E-state index in [1.54, 1.807) is 24.5 Å². The number of rotatable bonds is 4. The summed E-state index contributed by atoms with van der Waals surface area (Å²) in [6.07, 6.45) is 1.57. The summed E-state index contributed by atoms with van der Waals surface area (Å²) in [4.78, 5) is 31.2. The number of imidazole rings is 1. The lowest BCUT2D eigenvalue weighted by Gasteiger charge is -2.17. The van der Waals surface area contributed by atoms with Crippen LogP contribution >= 0.6 is 0 Å². The maximum absolute atomic E-state index is 12.4. The fourth-order valence-electron chi connectivity index (χ4n) is 2.08. The average molecular weight is 260 g/mol. The molecule has 0 bridgehead atoms. The number of hydrogen-bond donors (Lipinski definition) is 1. The van der Waals surface area contributed by atoms with Gasteiger partial charge in [0.15, 0.2) is 5.78 Å². The predicted octanol–water partition coefficient (Wildman–Crippen LogP) is 2.19. The Bertz CT molecular complexity index is 616. The Labute approximate surface area is 111 Å². The molecule has 0 radical (unpaired) electrons. The summed E-state index contributed by atoms with van der Waals surface area (Å²) in [5.41, 5.74) is 2.05. The molecule has 19 heavy (non-hydrogen) atoms. The largest absolute Gasteiger partial charge is 0.468 e. The lowest BCUT2D eigenvalue weighted by molar-refractivity contribution is -0.144. The minimum Gasteiger partial charge on any atom is -0.468 e. The van der Waals surface area contributed by atoms with E-state index in [1.807, 2.05) is 13.8 Å². The van der Waals surface area contributed by atoms with Crippen LogP contribution in [0.2, 0.25) is 0 Å². The first-order chi connectivity index (χ1) is 9.04. The van der Waals surface area contributed by atoms with E-state index in [4.69, 9.17) is 4.74 Å². The van der Waals surface area contributed by atoms with E-state index in [-0.39, 0.29) is 11.7 Å². The molecule has 1 unspecified atom stereocenters. The first-order valence-corrected chi connectivity index (χ1v) is 6.09. The van der Waals surface area contributed by atoms with Crippen molar-refractivity contribution in [3.63, 3.8) is 0 Å². The molecule has 100 valence electrons. The first-order valence-electron chi connectivity index (χ1n) is 6.09. The van der Waals surface area contributed by atoms with Gasteiger partial charge in [-0.25, -0.2) is 4.98 Å². The molecular formula is C14H16N2O3. The molecule has 1 N–H and O–H groups in total. The molecule has 1 atom stereocenters. The number of nitrogens with one attached hydrogen (secondary N) is 1. The van der Waals surface area contributed by atoms with E-state index >= 15 is 0 Å². The summed E-state index contributed by atoms with van der Waals surface area (Å²) in [6.45, 7) is 3.66. The van der Waals surface area contributed by atoms with Crippen LogP contribution in [-0.2, 0) is 9.53 Å². The second kappa shape index (κ2) is 5.22. The van der Waals surface area contributed by atoms with Gasteiger partial charge in [-0.3, -0.25) is 9.59 Å². The summed E-state index contributed by atoms with van der Waals surface area (Å²) in [7, 11) is 1.29. The molecule has 1 aromatic heterocycles. The van der Waals surface area contributed by atoms with Crippen LogP contribution in [-0.4, -0.2) is 28.8 Å². The highest BCUT2D eigenvalue weighted by molar-refractivity contribution is 6.09. The van der Waals surface area contributed by atoms with E-state index in [9.17, 15) is 9.59 Å². The molecule has 5 heteroatoms. The van der Waals surface area contributed by atoms with Crippen LogP contribution in [0.5, 0.6) is 0 Å². The molecule has 1 heterocycles. The Kier molecular flexibility index (Phi) is 3.64. The molecular weight excluding hydrogens is 244 g/mol. The van der Waals surface area contributed by atoms with Gasteiger partial charge in [-0.1, -0.05) is 13.8 Å². The van der Waals surface area contributed by atoms with E-state index < -0.39 is 11.9 Å². The molecule has 0 aliphatic carbocycles. The van der Waals surface area contributed by atoms with Gasteiger partial charge in [-0.05, 0) is 24.1 Å². The number of ether oxygens (including phenoxy) is 1. The van der Waals surface area contributed by atoms with Crippen molar-refractivity contribution in [3.8, 4) is 0 Å². The van der Waals surface area contributed by atoms with Crippen LogP contribution in [0.25, 0.3) is 11.0 Å². The Morgan fingerprint density at radius 2 is 2.05 bits per heavy atom. The van der Waals surface area contributed by atoms with Crippen molar-refractivity contribution < 1.29 is 14.3 Å². The zero-order valence-electron chi connectivity index (χ0n) is 11.1. The molecule has 0 saturated carbocycles. The number of aromatic nitrogens is 2. The van der Waals surface area contributed by atoms with Crippen LogP contribution in [0.4, 0.5) is 0 Å². The number of nitrogens with zero attached hydrogens (tertiary/aromatic N) is 1. The SMILES string of the molecule is COC(=O)C(C(=O)c1ccc2nc[nH]c2c1)C(C)C. The van der Waals surface area contributed by atoms with Gasteiger partial charge in [0.2, 0.25) is 0 Å². The smallest absolute Gasteiger partial charge is 0.316 e. The van der Waals surface area contributed by atoms with Crippen molar-refractivity contribution in [2.75, 3.05) is 7.11 Å². The van der Waals surface area contributed by atoms with Crippen molar-refractivity contribution in [1.29, 1.82) is 0 Å². The van der Waals surface area contributed by atoms with E-state index in [0.29, 0.717) is 5.56 Å². The molecule has 0 amide bonds. The highest BCUT2D eigenvalue weighted by Crippen LogP contribution is 2.21. The number of carbonyl (C=O) groups excluding carboxylic acids is 2. The van der Waals surface area contributed by atoms with Crippen LogP contribution < -0.4 is 0 Å². The molecule has 0 aliphatic rings. The number of benzene rings is 1. The number of methoxy groups -OCH3 is 1. The Morgan fingerprint density at radius 1 is 1.32 bits per heavy atom. The molecule has 0 aliphatic heterocycles. The number of hydrogen-bond acceptors (Lipinski definition) is 4. The van der Waals surface area contributed by atoms with Crippen LogP contribution in [0, 0.1) is 11.8 Å². The summed E-state index contributed by atoms with van der Waals surface area (Å²) in [6, 6.07) is 5.15. The number of aromatic amines is 1. The molecule has 2 rings (SSSR count). The van der Waals surface area contributed by atoms with Crippen molar-refractivity contribution >= 4 is 22.8 Å². The fraction of sp³-hybridized carbons (Fsp3) is 0.357. The Balaban J connectivity index is 2.37. The maximum atomic E-state index is 12.4. The zero-order chi connectivity index (χ0) is 14.0. The van der Waals surface area contributed by atoms with Gasteiger partial charge in [0.05, 0.1) is 24.5 Å². The lowest BCUT2D eigenvalue weighted by atomic mass is 9.88. The average Bonchev–Trinajstić information content (AvgIpc) is 2.85. The van der Waals surface area contributed by atoms with Gasteiger partial charge in [0, 0.05) is 5.56 Å². The minimum atomic E-state index is -0.773. The number of Topliss-reactive ketones (excluding diaryl/α,β-unsaturated/α-hetero) is 1. The Morgan fingerprint density at radius 3 is 2.68 bits per heavy atom. The molecule has 5 nitrogen and oxygen atoms in total. The fourth-order valence-corrected chi connectivity index (χ4v) is 2.08. The quantitative estimate of drug-likeness (QED) is 0.519. The van der Waals surface area contributed by atoms with Crippen molar-refractivity contribution in [1.82, 2.24) is 9.97 Å². The molecule has 1 aromatic carbocycles. The molecule has 2 aromatic rings. The van der Waals surface area contributed by atoms with Crippen LogP contribution in [0.15, 0.2) is 24.5 Å². The van der Waals surface area contributed by atoms with Crippen molar-refractivity contribution in [2.45, 2.75) is 13.8 Å². The number of ketones is 1. The standard InChI is InChI=1S/C14H16N2O3/c1-8(2)12(14(18)19-3)13(17)9-4-5-10-11(6-9)16-7-15-10/h4-8,12H,1-3H3,(H,15,16). The highest BCUT2D eigenvalue weighted by Gasteiger charge is 2.31. The van der Waals surface area contributed by atoms with Crippen molar-refractivity contribution in [3.05, 3.63) is 30.1 Å². The van der Waals surface area contributed by atoms with E-state index in [2.05, 4.69) is 9.97 Å². The highest BCUT2D eigenvalue weighted by atomic mass is 16.5. The van der Waals surface area contributed by atoms with Gasteiger partial charge in [-0.15, -0.1) is 0 Å². The zero-order valence-corrected chi connectivity index (χ0v) is 11.1. The van der Waals surface area contributed by atoms with Crippen LogP contribution in [0.3, 0.4) is 0 Å². The summed E-state index contributed by atoms with van der Waals surface area (Å²) in [5.74, 6) is -1.61.